The predicted octanol–water partition coefficient (Wildman–Crippen LogP) is 2.32. The molecule has 0 amide bonds. The average Bonchev–Trinajstić information content (AvgIpc) is 2.14. The summed E-state index contributed by atoms with van der Waals surface area (Å²) in [7, 11) is 1.44. The van der Waals surface area contributed by atoms with Gasteiger partial charge in [0.05, 0.1) is 6.10 Å². The smallest absolute Gasteiger partial charge is 0.433 e. The first-order valence-corrected chi connectivity index (χ1v) is 4.63. The molecule has 0 aliphatic rings. The third kappa shape index (κ3) is 3.25. The zero-order valence-electron chi connectivity index (χ0n) is 9.09. The Hall–Kier alpha value is -1.53. The first-order chi connectivity index (χ1) is 7.32. The second-order valence-corrected chi connectivity index (χ2v) is 3.33. The van der Waals surface area contributed by atoms with Crippen LogP contribution in [0.2, 0.25) is 0 Å². The molecule has 0 atom stereocenters. The summed E-state index contributed by atoms with van der Waals surface area (Å²) in [5.41, 5.74) is -1.03. The SMILES string of the molecule is CNc1nc(OC(C)C)cc(C(F)(F)F)n1. The first kappa shape index (κ1) is 12.5. The van der Waals surface area contributed by atoms with Gasteiger partial charge in [0.15, 0.2) is 5.69 Å². The number of nitrogens with one attached hydrogen (secondary N) is 1. The summed E-state index contributed by atoms with van der Waals surface area (Å²) in [6, 6.07) is 0.779. The van der Waals surface area contributed by atoms with E-state index >= 15 is 0 Å². The Morgan fingerprint density at radius 3 is 2.38 bits per heavy atom. The van der Waals surface area contributed by atoms with E-state index in [1.54, 1.807) is 13.8 Å². The zero-order valence-corrected chi connectivity index (χ0v) is 9.09. The Balaban J connectivity index is 3.11. The molecule has 1 heterocycles. The van der Waals surface area contributed by atoms with Crippen LogP contribution >= 0.6 is 0 Å². The van der Waals surface area contributed by atoms with Crippen molar-refractivity contribution in [3.05, 3.63) is 11.8 Å². The van der Waals surface area contributed by atoms with E-state index in [1.807, 2.05) is 0 Å². The van der Waals surface area contributed by atoms with Crippen LogP contribution in [-0.4, -0.2) is 23.1 Å². The summed E-state index contributed by atoms with van der Waals surface area (Å²) in [6.07, 6.45) is -4.76. The number of aromatic nitrogens is 2. The second kappa shape index (κ2) is 4.54. The highest BCUT2D eigenvalue weighted by molar-refractivity contribution is 5.31. The van der Waals surface area contributed by atoms with Crippen molar-refractivity contribution in [1.29, 1.82) is 0 Å². The number of rotatable bonds is 3. The van der Waals surface area contributed by atoms with Crippen LogP contribution in [0.3, 0.4) is 0 Å². The molecule has 0 aliphatic heterocycles. The Kier molecular flexibility index (Phi) is 3.56. The van der Waals surface area contributed by atoms with Crippen molar-refractivity contribution in [2.45, 2.75) is 26.1 Å². The van der Waals surface area contributed by atoms with Crippen LogP contribution in [0.1, 0.15) is 19.5 Å². The van der Waals surface area contributed by atoms with Gasteiger partial charge in [-0.25, -0.2) is 4.98 Å². The highest BCUT2D eigenvalue weighted by atomic mass is 19.4. The topological polar surface area (TPSA) is 47.0 Å². The van der Waals surface area contributed by atoms with E-state index in [1.165, 1.54) is 7.05 Å². The van der Waals surface area contributed by atoms with E-state index in [9.17, 15) is 13.2 Å². The Morgan fingerprint density at radius 2 is 1.94 bits per heavy atom. The third-order valence-corrected chi connectivity index (χ3v) is 1.57. The molecule has 0 unspecified atom stereocenters. The van der Waals surface area contributed by atoms with Gasteiger partial charge in [-0.2, -0.15) is 18.2 Å². The van der Waals surface area contributed by atoms with Crippen molar-refractivity contribution in [3.8, 4) is 5.88 Å². The van der Waals surface area contributed by atoms with Gasteiger partial charge in [-0.1, -0.05) is 0 Å². The Morgan fingerprint density at radius 1 is 1.31 bits per heavy atom. The normalized spacial score (nSPS) is 11.7. The summed E-state index contributed by atoms with van der Waals surface area (Å²) in [6.45, 7) is 3.41. The minimum atomic E-state index is -4.51. The molecule has 1 aromatic rings. The molecular formula is C9H12F3N3O. The van der Waals surface area contributed by atoms with Gasteiger partial charge >= 0.3 is 6.18 Å². The van der Waals surface area contributed by atoms with Gasteiger partial charge in [0.25, 0.3) is 0 Å². The molecular weight excluding hydrogens is 223 g/mol. The first-order valence-electron chi connectivity index (χ1n) is 4.63. The van der Waals surface area contributed by atoms with Gasteiger partial charge in [-0.15, -0.1) is 0 Å². The number of nitrogens with zero attached hydrogens (tertiary/aromatic N) is 2. The Bertz CT molecular complexity index is 366. The van der Waals surface area contributed by atoms with Crippen LogP contribution in [0, 0.1) is 0 Å². The van der Waals surface area contributed by atoms with Gasteiger partial charge in [0, 0.05) is 13.1 Å². The van der Waals surface area contributed by atoms with Crippen LogP contribution in [0.5, 0.6) is 5.88 Å². The van der Waals surface area contributed by atoms with Crippen molar-refractivity contribution in [3.63, 3.8) is 0 Å². The van der Waals surface area contributed by atoms with E-state index in [2.05, 4.69) is 15.3 Å². The van der Waals surface area contributed by atoms with Crippen molar-refractivity contribution < 1.29 is 17.9 Å². The van der Waals surface area contributed by atoms with Crippen molar-refractivity contribution >= 4 is 5.95 Å². The molecule has 0 spiro atoms. The van der Waals surface area contributed by atoms with E-state index in [0.29, 0.717) is 0 Å². The fourth-order valence-corrected chi connectivity index (χ4v) is 0.984. The van der Waals surface area contributed by atoms with Crippen LogP contribution < -0.4 is 10.1 Å². The van der Waals surface area contributed by atoms with E-state index in [-0.39, 0.29) is 17.9 Å². The molecule has 16 heavy (non-hydrogen) atoms. The summed E-state index contributed by atoms with van der Waals surface area (Å²) in [4.78, 5) is 7.06. The molecule has 90 valence electrons. The molecule has 0 aliphatic carbocycles. The lowest BCUT2D eigenvalue weighted by atomic mass is 10.4. The molecule has 1 aromatic heterocycles. The zero-order chi connectivity index (χ0) is 12.3. The maximum Gasteiger partial charge on any atom is 0.433 e. The predicted molar refractivity (Wildman–Crippen MR) is 52.3 cm³/mol. The Labute approximate surface area is 90.9 Å². The van der Waals surface area contributed by atoms with E-state index < -0.39 is 11.9 Å². The molecule has 1 N–H and O–H groups in total. The standard InChI is InChI=1S/C9H12F3N3O/c1-5(2)16-7-4-6(9(10,11)12)14-8(13-3)15-7/h4-5H,1-3H3,(H,13,14,15). The van der Waals surface area contributed by atoms with Crippen molar-refractivity contribution in [1.82, 2.24) is 9.97 Å². The molecule has 0 radical (unpaired) electrons. The summed E-state index contributed by atoms with van der Waals surface area (Å²) < 4.78 is 42.4. The number of hydrogen-bond acceptors (Lipinski definition) is 4. The van der Waals surface area contributed by atoms with Crippen LogP contribution in [-0.2, 0) is 6.18 Å². The summed E-state index contributed by atoms with van der Waals surface area (Å²) >= 11 is 0. The molecule has 7 heteroatoms. The van der Waals surface area contributed by atoms with Crippen molar-refractivity contribution in [2.24, 2.45) is 0 Å². The number of hydrogen-bond donors (Lipinski definition) is 1. The highest BCUT2D eigenvalue weighted by Gasteiger charge is 2.34. The van der Waals surface area contributed by atoms with E-state index in [4.69, 9.17) is 4.74 Å². The van der Waals surface area contributed by atoms with Gasteiger partial charge in [0.2, 0.25) is 11.8 Å². The number of ether oxygens (including phenoxy) is 1. The largest absolute Gasteiger partial charge is 0.475 e. The van der Waals surface area contributed by atoms with Gasteiger partial charge in [0.1, 0.15) is 0 Å². The molecule has 0 aromatic carbocycles. The van der Waals surface area contributed by atoms with E-state index in [0.717, 1.165) is 6.07 Å². The minimum absolute atomic E-state index is 0.0957. The van der Waals surface area contributed by atoms with Crippen LogP contribution in [0.25, 0.3) is 0 Å². The minimum Gasteiger partial charge on any atom is -0.475 e. The van der Waals surface area contributed by atoms with Crippen molar-refractivity contribution in [2.75, 3.05) is 12.4 Å². The molecule has 4 nitrogen and oxygen atoms in total. The van der Waals surface area contributed by atoms with Crippen LogP contribution in [0.15, 0.2) is 6.07 Å². The lowest BCUT2D eigenvalue weighted by molar-refractivity contribution is -0.141. The molecule has 0 saturated carbocycles. The molecule has 0 fully saturated rings. The van der Waals surface area contributed by atoms with Crippen LogP contribution in [0.4, 0.5) is 19.1 Å². The number of anilines is 1. The lowest BCUT2D eigenvalue weighted by Gasteiger charge is -2.12. The lowest BCUT2D eigenvalue weighted by Crippen LogP contribution is -2.14. The number of alkyl halides is 3. The molecule has 0 bridgehead atoms. The average molecular weight is 235 g/mol. The van der Waals surface area contributed by atoms with Gasteiger partial charge < -0.3 is 10.1 Å². The molecule has 1 rings (SSSR count). The summed E-state index contributed by atoms with van der Waals surface area (Å²) in [5.74, 6) is -0.216. The quantitative estimate of drug-likeness (QED) is 0.873. The molecule has 0 saturated heterocycles. The third-order valence-electron chi connectivity index (χ3n) is 1.57. The monoisotopic (exact) mass is 235 g/mol. The van der Waals surface area contributed by atoms with Gasteiger partial charge in [-0.3, -0.25) is 0 Å². The fraction of sp³-hybridized carbons (Fsp3) is 0.556. The summed E-state index contributed by atoms with van der Waals surface area (Å²) in [5, 5.41) is 2.45. The number of halogens is 3. The van der Waals surface area contributed by atoms with Gasteiger partial charge in [-0.05, 0) is 13.8 Å². The second-order valence-electron chi connectivity index (χ2n) is 3.33. The fourth-order valence-electron chi connectivity index (χ4n) is 0.984. The highest BCUT2D eigenvalue weighted by Crippen LogP contribution is 2.30. The maximum absolute atomic E-state index is 12.4. The maximum atomic E-state index is 12.4.